The molecule has 1 aliphatic heterocycles. The van der Waals surface area contributed by atoms with E-state index in [0.717, 1.165) is 19.4 Å². The van der Waals surface area contributed by atoms with Crippen LogP contribution in [0, 0.1) is 6.92 Å². The maximum Gasteiger partial charge on any atom is 0.0724 e. The minimum Gasteiger partial charge on any atom is -0.373 e. The van der Waals surface area contributed by atoms with E-state index < -0.39 is 0 Å². The van der Waals surface area contributed by atoms with E-state index in [1.54, 1.807) is 0 Å². The Bertz CT molecular complexity index is 340. The van der Waals surface area contributed by atoms with Crippen molar-refractivity contribution < 1.29 is 4.74 Å². The molecular formula is C13H20N2O. The number of hydrogen-bond acceptors (Lipinski definition) is 3. The molecule has 0 radical (unpaired) electrons. The Kier molecular flexibility index (Phi) is 3.91. The van der Waals surface area contributed by atoms with Crippen molar-refractivity contribution in [1.29, 1.82) is 0 Å². The lowest BCUT2D eigenvalue weighted by Gasteiger charge is -2.28. The van der Waals surface area contributed by atoms with E-state index >= 15 is 0 Å². The Morgan fingerprint density at radius 1 is 1.56 bits per heavy atom. The van der Waals surface area contributed by atoms with Gasteiger partial charge in [-0.1, -0.05) is 0 Å². The van der Waals surface area contributed by atoms with Gasteiger partial charge in [-0.05, 0) is 50.4 Å². The van der Waals surface area contributed by atoms with Crippen LogP contribution in [0.1, 0.15) is 30.9 Å². The van der Waals surface area contributed by atoms with Gasteiger partial charge in [0.05, 0.1) is 12.7 Å². The third-order valence-corrected chi connectivity index (χ3v) is 3.19. The standard InChI is InChI=1S/C13H20N2O/c1-10-8-14-5-3-12(10)9-16-13-4-6-15-11(2)7-13/h3,5,8,11,13,15H,4,6-7,9H2,1-2H3. The fourth-order valence-electron chi connectivity index (χ4n) is 2.11. The minimum atomic E-state index is 0.406. The summed E-state index contributed by atoms with van der Waals surface area (Å²) >= 11 is 0. The Morgan fingerprint density at radius 3 is 3.19 bits per heavy atom. The summed E-state index contributed by atoms with van der Waals surface area (Å²) in [6.45, 7) is 6.08. The smallest absolute Gasteiger partial charge is 0.0724 e. The summed E-state index contributed by atoms with van der Waals surface area (Å²) in [6, 6.07) is 2.62. The molecule has 2 atom stereocenters. The van der Waals surface area contributed by atoms with Crippen molar-refractivity contribution in [3.8, 4) is 0 Å². The van der Waals surface area contributed by atoms with E-state index in [0.29, 0.717) is 18.8 Å². The summed E-state index contributed by atoms with van der Waals surface area (Å²) < 4.78 is 5.95. The van der Waals surface area contributed by atoms with Gasteiger partial charge in [-0.3, -0.25) is 4.98 Å². The van der Waals surface area contributed by atoms with Crippen LogP contribution in [0.25, 0.3) is 0 Å². The highest BCUT2D eigenvalue weighted by Crippen LogP contribution is 2.15. The maximum atomic E-state index is 5.95. The number of nitrogens with zero attached hydrogens (tertiary/aromatic N) is 1. The van der Waals surface area contributed by atoms with Gasteiger partial charge in [-0.15, -0.1) is 0 Å². The molecule has 0 aliphatic carbocycles. The number of nitrogens with one attached hydrogen (secondary N) is 1. The van der Waals surface area contributed by atoms with Crippen LogP contribution < -0.4 is 5.32 Å². The second-order valence-electron chi connectivity index (χ2n) is 4.61. The number of rotatable bonds is 3. The first-order valence-electron chi connectivity index (χ1n) is 6.00. The molecule has 3 heteroatoms. The molecule has 0 aromatic carbocycles. The van der Waals surface area contributed by atoms with Crippen LogP contribution in [0.4, 0.5) is 0 Å². The number of pyridine rings is 1. The van der Waals surface area contributed by atoms with Gasteiger partial charge in [0.15, 0.2) is 0 Å². The zero-order valence-electron chi connectivity index (χ0n) is 10.1. The quantitative estimate of drug-likeness (QED) is 0.846. The highest BCUT2D eigenvalue weighted by molar-refractivity contribution is 5.20. The number of piperidine rings is 1. The molecule has 0 saturated carbocycles. The van der Waals surface area contributed by atoms with Crippen molar-refractivity contribution in [2.45, 2.75) is 45.4 Å². The fraction of sp³-hybridized carbons (Fsp3) is 0.615. The van der Waals surface area contributed by atoms with Crippen LogP contribution in [0.3, 0.4) is 0 Å². The van der Waals surface area contributed by atoms with Crippen LogP contribution in [0.2, 0.25) is 0 Å². The van der Waals surface area contributed by atoms with Crippen molar-refractivity contribution in [1.82, 2.24) is 10.3 Å². The topological polar surface area (TPSA) is 34.1 Å². The van der Waals surface area contributed by atoms with E-state index in [1.165, 1.54) is 11.1 Å². The molecule has 3 nitrogen and oxygen atoms in total. The van der Waals surface area contributed by atoms with Crippen molar-refractivity contribution in [2.75, 3.05) is 6.54 Å². The lowest BCUT2D eigenvalue weighted by atomic mass is 10.0. The predicted octanol–water partition coefficient (Wildman–Crippen LogP) is 2.05. The van der Waals surface area contributed by atoms with E-state index in [2.05, 4.69) is 24.1 Å². The van der Waals surface area contributed by atoms with Crippen LogP contribution in [-0.2, 0) is 11.3 Å². The Balaban J connectivity index is 1.85. The van der Waals surface area contributed by atoms with Crippen LogP contribution in [0.15, 0.2) is 18.5 Å². The molecule has 0 spiro atoms. The summed E-state index contributed by atoms with van der Waals surface area (Å²) in [7, 11) is 0. The van der Waals surface area contributed by atoms with Gasteiger partial charge in [-0.2, -0.15) is 0 Å². The van der Waals surface area contributed by atoms with Crippen LogP contribution >= 0.6 is 0 Å². The molecule has 0 bridgehead atoms. The average Bonchev–Trinajstić information content (AvgIpc) is 2.28. The molecule has 2 rings (SSSR count). The van der Waals surface area contributed by atoms with Crippen LogP contribution in [-0.4, -0.2) is 23.7 Å². The molecule has 0 amide bonds. The highest BCUT2D eigenvalue weighted by Gasteiger charge is 2.18. The lowest BCUT2D eigenvalue weighted by Crippen LogP contribution is -2.39. The molecule has 1 fully saturated rings. The van der Waals surface area contributed by atoms with Gasteiger partial charge in [0.25, 0.3) is 0 Å². The van der Waals surface area contributed by atoms with Gasteiger partial charge < -0.3 is 10.1 Å². The van der Waals surface area contributed by atoms with Crippen molar-refractivity contribution in [3.05, 3.63) is 29.6 Å². The molecule has 2 heterocycles. The molecule has 2 unspecified atom stereocenters. The van der Waals surface area contributed by atoms with Crippen LogP contribution in [0.5, 0.6) is 0 Å². The zero-order valence-corrected chi connectivity index (χ0v) is 10.1. The Morgan fingerprint density at radius 2 is 2.44 bits per heavy atom. The molecular weight excluding hydrogens is 200 g/mol. The van der Waals surface area contributed by atoms with Crippen molar-refractivity contribution in [3.63, 3.8) is 0 Å². The summed E-state index contributed by atoms with van der Waals surface area (Å²) in [6.07, 6.45) is 6.36. The van der Waals surface area contributed by atoms with E-state index in [-0.39, 0.29) is 0 Å². The summed E-state index contributed by atoms with van der Waals surface area (Å²) in [5.74, 6) is 0. The predicted molar refractivity (Wildman–Crippen MR) is 64.2 cm³/mol. The molecule has 16 heavy (non-hydrogen) atoms. The molecule has 1 aromatic heterocycles. The summed E-state index contributed by atoms with van der Waals surface area (Å²) in [4.78, 5) is 4.09. The van der Waals surface area contributed by atoms with E-state index in [4.69, 9.17) is 4.74 Å². The van der Waals surface area contributed by atoms with Crippen molar-refractivity contribution >= 4 is 0 Å². The second-order valence-corrected chi connectivity index (χ2v) is 4.61. The molecule has 1 N–H and O–H groups in total. The number of aryl methyl sites for hydroxylation is 1. The van der Waals surface area contributed by atoms with E-state index in [1.807, 2.05) is 18.5 Å². The van der Waals surface area contributed by atoms with Gasteiger partial charge >= 0.3 is 0 Å². The normalized spacial score (nSPS) is 25.6. The lowest BCUT2D eigenvalue weighted by molar-refractivity contribution is 0.0124. The summed E-state index contributed by atoms with van der Waals surface area (Å²) in [5.41, 5.74) is 2.46. The molecule has 1 aliphatic rings. The molecule has 1 saturated heterocycles. The number of aromatic nitrogens is 1. The third kappa shape index (κ3) is 3.03. The SMILES string of the molecule is Cc1cnccc1COC1CCNC(C)C1. The highest BCUT2D eigenvalue weighted by atomic mass is 16.5. The number of hydrogen-bond donors (Lipinski definition) is 1. The van der Waals surface area contributed by atoms with Gasteiger partial charge in [0.2, 0.25) is 0 Å². The first kappa shape index (κ1) is 11.6. The monoisotopic (exact) mass is 220 g/mol. The van der Waals surface area contributed by atoms with Crippen molar-refractivity contribution in [2.24, 2.45) is 0 Å². The first-order valence-corrected chi connectivity index (χ1v) is 6.00. The second kappa shape index (κ2) is 5.41. The third-order valence-electron chi connectivity index (χ3n) is 3.19. The van der Waals surface area contributed by atoms with Gasteiger partial charge in [-0.25, -0.2) is 0 Å². The zero-order chi connectivity index (χ0) is 11.4. The summed E-state index contributed by atoms with van der Waals surface area (Å²) in [5, 5.41) is 3.43. The maximum absolute atomic E-state index is 5.95. The molecule has 1 aromatic rings. The minimum absolute atomic E-state index is 0.406. The largest absolute Gasteiger partial charge is 0.373 e. The average molecular weight is 220 g/mol. The Labute approximate surface area is 97.2 Å². The first-order chi connectivity index (χ1) is 7.75. The van der Waals surface area contributed by atoms with E-state index in [9.17, 15) is 0 Å². The van der Waals surface area contributed by atoms with Gasteiger partial charge in [0, 0.05) is 18.4 Å². The fourth-order valence-corrected chi connectivity index (χ4v) is 2.11. The molecule has 88 valence electrons. The Hall–Kier alpha value is -0.930. The number of ether oxygens (including phenoxy) is 1. The van der Waals surface area contributed by atoms with Gasteiger partial charge in [0.1, 0.15) is 0 Å².